The van der Waals surface area contributed by atoms with E-state index in [9.17, 15) is 24.9 Å². The summed E-state index contributed by atoms with van der Waals surface area (Å²) in [4.78, 5) is 27.6. The van der Waals surface area contributed by atoms with Crippen molar-refractivity contribution in [1.29, 1.82) is 0 Å². The molecule has 6 aliphatic rings. The van der Waals surface area contributed by atoms with Crippen LogP contribution in [-0.2, 0) is 23.8 Å². The molecule has 4 saturated carbocycles. The van der Waals surface area contributed by atoms with Crippen LogP contribution in [0.1, 0.15) is 113 Å². The maximum Gasteiger partial charge on any atom is 0.311 e. The Morgan fingerprint density at radius 3 is 2.33 bits per heavy atom. The van der Waals surface area contributed by atoms with Crippen LogP contribution < -0.4 is 0 Å². The van der Waals surface area contributed by atoms with Crippen molar-refractivity contribution in [2.24, 2.45) is 50.2 Å². The van der Waals surface area contributed by atoms with Gasteiger partial charge in [0.15, 0.2) is 12.1 Å². The smallest absolute Gasteiger partial charge is 0.311 e. The number of rotatable bonds is 4. The number of methoxy groups -OCH3 is 1. The van der Waals surface area contributed by atoms with Crippen molar-refractivity contribution in [2.75, 3.05) is 13.7 Å². The van der Waals surface area contributed by atoms with Crippen LogP contribution in [0.4, 0.5) is 0 Å². The van der Waals surface area contributed by atoms with Crippen LogP contribution in [0, 0.1) is 50.2 Å². The fourth-order valence-corrected chi connectivity index (χ4v) is 12.2. The molecular formula is C37H58O8. The summed E-state index contributed by atoms with van der Waals surface area (Å²) in [5.74, 6) is 0.478. The molecule has 0 aromatic heterocycles. The number of ether oxygens (including phenoxy) is 3. The van der Waals surface area contributed by atoms with Crippen LogP contribution in [0.25, 0.3) is 0 Å². The number of carbonyl (C=O) groups is 2. The number of ketones is 1. The zero-order valence-corrected chi connectivity index (χ0v) is 28.9. The Kier molecular flexibility index (Phi) is 8.09. The van der Waals surface area contributed by atoms with Gasteiger partial charge in [-0.15, -0.1) is 0 Å². The van der Waals surface area contributed by atoms with Crippen molar-refractivity contribution in [3.63, 3.8) is 0 Å². The molecule has 5 fully saturated rings. The Morgan fingerprint density at radius 2 is 1.67 bits per heavy atom. The lowest BCUT2D eigenvalue weighted by atomic mass is 9.33. The third-order valence-electron chi connectivity index (χ3n) is 15.2. The molecule has 8 nitrogen and oxygen atoms in total. The molecule has 3 N–H and O–H groups in total. The molecule has 1 aliphatic heterocycles. The van der Waals surface area contributed by atoms with Crippen molar-refractivity contribution < 1.29 is 39.1 Å². The summed E-state index contributed by atoms with van der Waals surface area (Å²) < 4.78 is 17.7. The second kappa shape index (κ2) is 10.8. The highest BCUT2D eigenvalue weighted by Gasteiger charge is 2.70. The zero-order chi connectivity index (χ0) is 33.0. The van der Waals surface area contributed by atoms with Gasteiger partial charge in [0.2, 0.25) is 0 Å². The SMILES string of the molecule is COC(=O)[C@@]1(C)CC[C@]2(C)CC[C@]3(C)C(=CC(=O)[C@@H]4[C@@]5(C)CC[C@H](O[C@@H]6C[C@@H](O)[C@H](O)[C@@H](CO)O6)C(C)(C)[C@@H]5CC[C@]43C)[C@@H]2C1. The summed E-state index contributed by atoms with van der Waals surface area (Å²) in [7, 11) is 1.49. The third-order valence-corrected chi connectivity index (χ3v) is 15.2. The van der Waals surface area contributed by atoms with Crippen LogP contribution in [-0.4, -0.2) is 71.5 Å². The third kappa shape index (κ3) is 4.69. The van der Waals surface area contributed by atoms with Gasteiger partial charge < -0.3 is 29.5 Å². The lowest BCUT2D eigenvalue weighted by Crippen LogP contribution is -2.67. The predicted molar refractivity (Wildman–Crippen MR) is 169 cm³/mol. The minimum absolute atomic E-state index is 0.0840. The monoisotopic (exact) mass is 630 g/mol. The van der Waals surface area contributed by atoms with E-state index < -0.39 is 30.0 Å². The molecule has 5 aliphatic carbocycles. The van der Waals surface area contributed by atoms with Gasteiger partial charge >= 0.3 is 5.97 Å². The molecule has 45 heavy (non-hydrogen) atoms. The van der Waals surface area contributed by atoms with E-state index in [1.807, 2.05) is 0 Å². The zero-order valence-electron chi connectivity index (χ0n) is 28.9. The van der Waals surface area contributed by atoms with Gasteiger partial charge in [-0.2, -0.15) is 0 Å². The van der Waals surface area contributed by atoms with Crippen molar-refractivity contribution >= 4 is 11.8 Å². The first kappa shape index (κ1) is 33.6. The quantitative estimate of drug-likeness (QED) is 0.281. The number of allylic oxidation sites excluding steroid dienone is 2. The van der Waals surface area contributed by atoms with Crippen molar-refractivity contribution in [3.8, 4) is 0 Å². The maximum absolute atomic E-state index is 14.7. The molecule has 0 spiro atoms. The Balaban J connectivity index is 1.30. The minimum Gasteiger partial charge on any atom is -0.469 e. The van der Waals surface area contributed by atoms with E-state index in [1.54, 1.807) is 0 Å². The van der Waals surface area contributed by atoms with Crippen LogP contribution in [0.15, 0.2) is 11.6 Å². The highest BCUT2D eigenvalue weighted by atomic mass is 16.7. The summed E-state index contributed by atoms with van der Waals surface area (Å²) in [6, 6.07) is 0. The Bertz CT molecular complexity index is 1240. The summed E-state index contributed by atoms with van der Waals surface area (Å²) in [6.07, 6.45) is 6.66. The molecule has 6 rings (SSSR count). The molecule has 0 radical (unpaired) electrons. The van der Waals surface area contributed by atoms with Gasteiger partial charge in [0.1, 0.15) is 12.2 Å². The molecule has 0 bridgehead atoms. The maximum atomic E-state index is 14.7. The molecule has 0 aromatic carbocycles. The van der Waals surface area contributed by atoms with Crippen molar-refractivity contribution in [2.45, 2.75) is 143 Å². The Hall–Kier alpha value is -1.32. The normalized spacial score (nSPS) is 52.4. The second-order valence-electron chi connectivity index (χ2n) is 17.8. The number of hydrogen-bond donors (Lipinski definition) is 3. The van der Waals surface area contributed by atoms with E-state index in [2.05, 4.69) is 54.5 Å². The van der Waals surface area contributed by atoms with Crippen LogP contribution >= 0.6 is 0 Å². The number of carbonyl (C=O) groups excluding carboxylic acids is 2. The highest BCUT2D eigenvalue weighted by Crippen LogP contribution is 2.75. The van der Waals surface area contributed by atoms with Crippen LogP contribution in [0.3, 0.4) is 0 Å². The first-order chi connectivity index (χ1) is 20.9. The molecule has 8 heteroatoms. The average molecular weight is 631 g/mol. The number of aliphatic hydroxyl groups is 3. The lowest BCUT2D eigenvalue weighted by Gasteiger charge is -2.70. The summed E-state index contributed by atoms with van der Waals surface area (Å²) in [5, 5.41) is 30.3. The van der Waals surface area contributed by atoms with Gasteiger partial charge in [-0.3, -0.25) is 9.59 Å². The second-order valence-corrected chi connectivity index (χ2v) is 17.8. The average Bonchev–Trinajstić information content (AvgIpc) is 2.97. The molecule has 13 atom stereocenters. The van der Waals surface area contributed by atoms with Gasteiger partial charge in [0.05, 0.1) is 31.3 Å². The summed E-state index contributed by atoms with van der Waals surface area (Å²) in [5.41, 5.74) is 0.0750. The van der Waals surface area contributed by atoms with E-state index in [-0.39, 0.29) is 75.7 Å². The number of esters is 1. The summed E-state index contributed by atoms with van der Waals surface area (Å²) >= 11 is 0. The van der Waals surface area contributed by atoms with Crippen molar-refractivity contribution in [1.82, 2.24) is 0 Å². The highest BCUT2D eigenvalue weighted by molar-refractivity contribution is 5.95. The van der Waals surface area contributed by atoms with E-state index >= 15 is 0 Å². The standard InChI is InChI=1S/C37H58O8/c1-32(2)26-9-12-37(7)30(35(26,5)11-10-27(32)45-28-18-23(39)29(41)25(20-38)44-28)24(40)17-21-22-19-34(4,31(42)43-8)14-13-33(22,3)15-16-36(21,37)6/h17,22-23,25-30,38-39,41H,9-16,18-20H2,1-8H3/t22-,23+,25+,26-,27-,28+,29-,30+,33+,34-,35-,36+,37+/m0/s1. The molecule has 254 valence electrons. The van der Waals surface area contributed by atoms with Gasteiger partial charge in [-0.25, -0.2) is 0 Å². The molecule has 0 unspecified atom stereocenters. The van der Waals surface area contributed by atoms with Gasteiger partial charge in [0.25, 0.3) is 0 Å². The first-order valence-electron chi connectivity index (χ1n) is 17.5. The fraction of sp³-hybridized carbons (Fsp3) is 0.892. The lowest BCUT2D eigenvalue weighted by molar-refractivity contribution is -0.296. The minimum atomic E-state index is -1.13. The van der Waals surface area contributed by atoms with Gasteiger partial charge in [0, 0.05) is 12.3 Å². The molecule has 1 heterocycles. The van der Waals surface area contributed by atoms with Crippen LogP contribution in [0.2, 0.25) is 0 Å². The predicted octanol–water partition coefficient (Wildman–Crippen LogP) is 5.35. The Morgan fingerprint density at radius 1 is 0.978 bits per heavy atom. The number of hydrogen-bond acceptors (Lipinski definition) is 8. The number of fused-ring (bicyclic) bond motifs is 7. The molecule has 1 saturated heterocycles. The number of aliphatic hydroxyl groups excluding tert-OH is 3. The van der Waals surface area contributed by atoms with Crippen LogP contribution in [0.5, 0.6) is 0 Å². The largest absolute Gasteiger partial charge is 0.469 e. The fourth-order valence-electron chi connectivity index (χ4n) is 12.2. The van der Waals surface area contributed by atoms with E-state index in [1.165, 1.54) is 12.7 Å². The first-order valence-corrected chi connectivity index (χ1v) is 17.5. The van der Waals surface area contributed by atoms with Gasteiger partial charge in [-0.05, 0) is 110 Å². The van der Waals surface area contributed by atoms with E-state index in [4.69, 9.17) is 14.2 Å². The van der Waals surface area contributed by atoms with E-state index in [0.29, 0.717) is 0 Å². The summed E-state index contributed by atoms with van der Waals surface area (Å²) in [6.45, 7) is 15.8. The molecule has 0 aromatic rings. The van der Waals surface area contributed by atoms with Gasteiger partial charge in [-0.1, -0.05) is 47.1 Å². The molecular weight excluding hydrogens is 572 g/mol. The Labute approximate surface area is 269 Å². The molecule has 0 amide bonds. The van der Waals surface area contributed by atoms with E-state index in [0.717, 1.165) is 57.8 Å². The topological polar surface area (TPSA) is 123 Å². The van der Waals surface area contributed by atoms with Crippen molar-refractivity contribution in [3.05, 3.63) is 11.6 Å².